The summed E-state index contributed by atoms with van der Waals surface area (Å²) in [4.78, 5) is 0. The number of nitrogens with zero attached hydrogens (tertiary/aromatic N) is 3. The van der Waals surface area contributed by atoms with Crippen LogP contribution < -0.4 is 0 Å². The molecule has 46 heavy (non-hydrogen) atoms. The van der Waals surface area contributed by atoms with Gasteiger partial charge in [-0.2, -0.15) is 0 Å². The predicted octanol–water partition coefficient (Wildman–Crippen LogP) is 11.3. The van der Waals surface area contributed by atoms with Gasteiger partial charge in [0.25, 0.3) is 0 Å². The molecular formula is C43H29N3. The molecule has 0 unspecified atom stereocenters. The van der Waals surface area contributed by atoms with Gasteiger partial charge in [-0.25, -0.2) is 0 Å². The van der Waals surface area contributed by atoms with E-state index in [0.29, 0.717) is 0 Å². The maximum Gasteiger partial charge on any atom is 0.0542 e. The molecule has 0 N–H and O–H groups in total. The molecule has 0 bridgehead atoms. The molecule has 0 aliphatic rings. The highest BCUT2D eigenvalue weighted by Gasteiger charge is 2.18. The molecule has 10 aromatic rings. The lowest BCUT2D eigenvalue weighted by atomic mass is 10.1. The van der Waals surface area contributed by atoms with E-state index in [1.807, 2.05) is 0 Å². The van der Waals surface area contributed by atoms with E-state index in [1.54, 1.807) is 0 Å². The summed E-state index contributed by atoms with van der Waals surface area (Å²) in [5, 5.41) is 7.56. The van der Waals surface area contributed by atoms with Crippen LogP contribution in [-0.2, 0) is 0 Å². The van der Waals surface area contributed by atoms with Crippen LogP contribution in [0.25, 0.3) is 82.5 Å². The van der Waals surface area contributed by atoms with Crippen LogP contribution in [0.4, 0.5) is 0 Å². The van der Waals surface area contributed by atoms with Crippen molar-refractivity contribution in [2.24, 2.45) is 0 Å². The van der Waals surface area contributed by atoms with Gasteiger partial charge < -0.3 is 13.7 Å². The second-order valence-electron chi connectivity index (χ2n) is 12.3. The van der Waals surface area contributed by atoms with Gasteiger partial charge in [0.1, 0.15) is 0 Å². The number of rotatable bonds is 3. The first-order valence-corrected chi connectivity index (χ1v) is 15.9. The Labute approximate surface area is 265 Å². The van der Waals surface area contributed by atoms with E-state index in [2.05, 4.69) is 178 Å². The van der Waals surface area contributed by atoms with Crippen LogP contribution in [0.1, 0.15) is 5.56 Å². The molecule has 0 fully saturated rings. The highest BCUT2D eigenvalue weighted by Crippen LogP contribution is 2.39. The van der Waals surface area contributed by atoms with Gasteiger partial charge >= 0.3 is 0 Å². The lowest BCUT2D eigenvalue weighted by Crippen LogP contribution is -1.96. The standard InChI is InChI=1S/C43H29N3/c1-28-18-20-29(21-19-28)44-42-24-22-30(45-38-14-6-2-10-32(38)33-11-3-7-15-39(33)45)26-36(42)37-27-31(23-25-43(37)44)46-40-16-8-4-12-34(40)35-13-5-9-17-41(35)46/h2-27H,1H3. The van der Waals surface area contributed by atoms with Gasteiger partial charge in [0.15, 0.2) is 0 Å². The predicted molar refractivity (Wildman–Crippen MR) is 194 cm³/mol. The molecule has 0 aliphatic heterocycles. The number of aromatic nitrogens is 3. The maximum absolute atomic E-state index is 2.41. The van der Waals surface area contributed by atoms with Crippen LogP contribution in [0.2, 0.25) is 0 Å². The van der Waals surface area contributed by atoms with Gasteiger partial charge in [-0.1, -0.05) is 90.5 Å². The highest BCUT2D eigenvalue weighted by molar-refractivity contribution is 6.14. The van der Waals surface area contributed by atoms with Gasteiger partial charge in [-0.3, -0.25) is 0 Å². The van der Waals surface area contributed by atoms with Crippen LogP contribution in [0.3, 0.4) is 0 Å². The Morgan fingerprint density at radius 3 is 0.978 bits per heavy atom. The summed E-state index contributed by atoms with van der Waals surface area (Å²) in [6.07, 6.45) is 0. The quantitative estimate of drug-likeness (QED) is 0.195. The Hall–Kier alpha value is -6.06. The van der Waals surface area contributed by atoms with Gasteiger partial charge in [0.05, 0.1) is 33.1 Å². The van der Waals surface area contributed by atoms with E-state index >= 15 is 0 Å². The normalized spacial score (nSPS) is 12.0. The Kier molecular flexibility index (Phi) is 5.20. The topological polar surface area (TPSA) is 14.8 Å². The molecule has 10 rings (SSSR count). The van der Waals surface area contributed by atoms with Crippen molar-refractivity contribution in [2.45, 2.75) is 6.92 Å². The number of para-hydroxylation sites is 4. The average molecular weight is 588 g/mol. The van der Waals surface area contributed by atoms with Crippen LogP contribution in [0.5, 0.6) is 0 Å². The first-order chi connectivity index (χ1) is 22.7. The maximum atomic E-state index is 2.41. The minimum absolute atomic E-state index is 1.16. The summed E-state index contributed by atoms with van der Waals surface area (Å²) in [6.45, 7) is 2.14. The Bertz CT molecular complexity index is 2530. The molecule has 0 aliphatic carbocycles. The fraction of sp³-hybridized carbons (Fsp3) is 0.0233. The molecule has 0 saturated carbocycles. The molecule has 0 atom stereocenters. The lowest BCUT2D eigenvalue weighted by molar-refractivity contribution is 1.16. The summed E-state index contributed by atoms with van der Waals surface area (Å²) < 4.78 is 7.24. The molecule has 0 amide bonds. The van der Waals surface area contributed by atoms with E-state index in [9.17, 15) is 0 Å². The Morgan fingerprint density at radius 1 is 0.283 bits per heavy atom. The van der Waals surface area contributed by atoms with Gasteiger partial charge in [0.2, 0.25) is 0 Å². The minimum atomic E-state index is 1.16. The molecule has 0 radical (unpaired) electrons. The van der Waals surface area contributed by atoms with Crippen molar-refractivity contribution in [3.05, 3.63) is 163 Å². The fourth-order valence-corrected chi connectivity index (χ4v) is 7.65. The van der Waals surface area contributed by atoms with E-state index in [1.165, 1.54) is 76.7 Å². The average Bonchev–Trinajstić information content (AvgIpc) is 3.74. The third-order valence-corrected chi connectivity index (χ3v) is 9.70. The molecule has 216 valence electrons. The van der Waals surface area contributed by atoms with E-state index < -0.39 is 0 Å². The molecule has 0 saturated heterocycles. The van der Waals surface area contributed by atoms with Gasteiger partial charge in [-0.05, 0) is 79.7 Å². The summed E-state index contributed by atoms with van der Waals surface area (Å²) in [7, 11) is 0. The highest BCUT2D eigenvalue weighted by atomic mass is 15.0. The minimum Gasteiger partial charge on any atom is -0.309 e. The van der Waals surface area contributed by atoms with E-state index in [0.717, 1.165) is 11.4 Å². The Morgan fingerprint density at radius 2 is 0.587 bits per heavy atom. The Balaban J connectivity index is 1.30. The van der Waals surface area contributed by atoms with Crippen LogP contribution in [-0.4, -0.2) is 13.7 Å². The summed E-state index contributed by atoms with van der Waals surface area (Å²) in [6, 6.07) is 57.7. The molecular weight excluding hydrogens is 558 g/mol. The van der Waals surface area contributed by atoms with Gasteiger partial charge in [0, 0.05) is 49.4 Å². The second-order valence-corrected chi connectivity index (χ2v) is 12.3. The molecule has 3 nitrogen and oxygen atoms in total. The van der Waals surface area contributed by atoms with Crippen molar-refractivity contribution in [3.8, 4) is 17.1 Å². The molecule has 3 heterocycles. The van der Waals surface area contributed by atoms with Crippen molar-refractivity contribution < 1.29 is 0 Å². The zero-order valence-corrected chi connectivity index (χ0v) is 25.4. The largest absolute Gasteiger partial charge is 0.309 e. The number of hydrogen-bond donors (Lipinski definition) is 0. The molecule has 3 heteroatoms. The molecule has 0 spiro atoms. The number of benzene rings is 7. The number of hydrogen-bond acceptors (Lipinski definition) is 0. The van der Waals surface area contributed by atoms with Crippen LogP contribution in [0.15, 0.2) is 158 Å². The summed E-state index contributed by atoms with van der Waals surface area (Å²) in [5.74, 6) is 0. The zero-order valence-electron chi connectivity index (χ0n) is 25.4. The van der Waals surface area contributed by atoms with Crippen molar-refractivity contribution in [1.82, 2.24) is 13.7 Å². The SMILES string of the molecule is Cc1ccc(-n2c3ccc(-n4c5ccccc5c5ccccc54)cc3c3cc(-n4c5ccccc5c5ccccc54)ccc32)cc1. The fourth-order valence-electron chi connectivity index (χ4n) is 7.65. The van der Waals surface area contributed by atoms with Crippen molar-refractivity contribution >= 4 is 65.4 Å². The number of aryl methyl sites for hydroxylation is 1. The lowest BCUT2D eigenvalue weighted by Gasteiger charge is -2.11. The van der Waals surface area contributed by atoms with E-state index in [4.69, 9.17) is 0 Å². The van der Waals surface area contributed by atoms with Crippen molar-refractivity contribution in [3.63, 3.8) is 0 Å². The zero-order chi connectivity index (χ0) is 30.4. The molecule has 3 aromatic heterocycles. The third kappa shape index (κ3) is 3.48. The third-order valence-electron chi connectivity index (χ3n) is 9.70. The van der Waals surface area contributed by atoms with Crippen LogP contribution >= 0.6 is 0 Å². The van der Waals surface area contributed by atoms with Crippen molar-refractivity contribution in [1.29, 1.82) is 0 Å². The summed E-state index contributed by atoms with van der Waals surface area (Å²) >= 11 is 0. The monoisotopic (exact) mass is 587 g/mol. The summed E-state index contributed by atoms with van der Waals surface area (Å²) in [5.41, 5.74) is 12.0. The van der Waals surface area contributed by atoms with E-state index in [-0.39, 0.29) is 0 Å². The molecule has 7 aromatic carbocycles. The van der Waals surface area contributed by atoms with Gasteiger partial charge in [-0.15, -0.1) is 0 Å². The second kappa shape index (κ2) is 9.47. The smallest absolute Gasteiger partial charge is 0.0542 e. The first kappa shape index (κ1) is 25.3. The van der Waals surface area contributed by atoms with Crippen molar-refractivity contribution in [2.75, 3.05) is 0 Å². The number of fused-ring (bicyclic) bond motifs is 9. The van der Waals surface area contributed by atoms with Crippen LogP contribution in [0, 0.1) is 6.92 Å². The first-order valence-electron chi connectivity index (χ1n) is 15.9.